The molecular formula is C23H17ClN2O6S. The lowest BCUT2D eigenvalue weighted by Crippen LogP contribution is -2.19. The number of nitrogens with one attached hydrogen (secondary N) is 1. The highest BCUT2D eigenvalue weighted by atomic mass is 35.5. The highest BCUT2D eigenvalue weighted by Crippen LogP contribution is 2.33. The molecule has 1 amide bonds. The van der Waals surface area contributed by atoms with E-state index in [0.717, 1.165) is 5.56 Å². The van der Waals surface area contributed by atoms with Crippen LogP contribution in [0.15, 0.2) is 68.9 Å². The molecule has 0 aliphatic carbocycles. The van der Waals surface area contributed by atoms with Crippen LogP contribution in [0, 0.1) is 0 Å². The quantitative estimate of drug-likeness (QED) is 0.448. The van der Waals surface area contributed by atoms with Crippen LogP contribution < -0.4 is 14.8 Å². The molecule has 0 unspecified atom stereocenters. The van der Waals surface area contributed by atoms with Crippen LogP contribution in [0.1, 0.15) is 21.9 Å². The number of thioether (sulfide) groups is 1. The highest BCUT2D eigenvalue weighted by molar-refractivity contribution is 8.18. The van der Waals surface area contributed by atoms with Gasteiger partial charge in [-0.1, -0.05) is 23.7 Å². The maximum Gasteiger partial charge on any atom is 0.371 e. The first-order valence-corrected chi connectivity index (χ1v) is 10.8. The number of hydrogen-bond acceptors (Lipinski definition) is 7. The molecule has 1 fully saturated rings. The van der Waals surface area contributed by atoms with Crippen molar-refractivity contribution >= 4 is 52.2 Å². The van der Waals surface area contributed by atoms with Gasteiger partial charge in [0.2, 0.25) is 5.76 Å². The van der Waals surface area contributed by atoms with Crippen molar-refractivity contribution in [3.05, 3.63) is 81.6 Å². The van der Waals surface area contributed by atoms with E-state index in [-0.39, 0.29) is 18.3 Å². The number of furan rings is 1. The third kappa shape index (κ3) is 5.57. The number of amides is 1. The van der Waals surface area contributed by atoms with Gasteiger partial charge in [0.05, 0.1) is 17.7 Å². The molecule has 0 radical (unpaired) electrons. The summed E-state index contributed by atoms with van der Waals surface area (Å²) in [5, 5.41) is 12.7. The Kier molecular flexibility index (Phi) is 6.71. The van der Waals surface area contributed by atoms with Crippen LogP contribution >= 0.6 is 23.4 Å². The van der Waals surface area contributed by atoms with Gasteiger partial charge in [0.15, 0.2) is 16.7 Å². The molecule has 1 aliphatic rings. The molecule has 3 aromatic rings. The number of nitrogens with zero attached hydrogens (tertiary/aromatic N) is 1. The van der Waals surface area contributed by atoms with Gasteiger partial charge in [-0.05, 0) is 65.9 Å². The molecule has 168 valence electrons. The van der Waals surface area contributed by atoms with Gasteiger partial charge in [-0.15, -0.1) is 0 Å². The summed E-state index contributed by atoms with van der Waals surface area (Å²) >= 11 is 7.20. The minimum atomic E-state index is -1.15. The second-order valence-corrected chi connectivity index (χ2v) is 8.20. The highest BCUT2D eigenvalue weighted by Gasteiger charge is 2.24. The molecule has 0 spiro atoms. The van der Waals surface area contributed by atoms with Gasteiger partial charge in [0.25, 0.3) is 5.91 Å². The van der Waals surface area contributed by atoms with Crippen molar-refractivity contribution in [3.63, 3.8) is 0 Å². The van der Waals surface area contributed by atoms with Crippen molar-refractivity contribution in [2.75, 3.05) is 7.11 Å². The third-order valence-electron chi connectivity index (χ3n) is 4.42. The zero-order chi connectivity index (χ0) is 23.4. The van der Waals surface area contributed by atoms with Crippen LogP contribution in [0.25, 0.3) is 6.08 Å². The molecule has 8 nitrogen and oxygen atoms in total. The second kappa shape index (κ2) is 9.85. The zero-order valence-electron chi connectivity index (χ0n) is 17.2. The van der Waals surface area contributed by atoms with Crippen molar-refractivity contribution in [3.8, 4) is 11.5 Å². The fourth-order valence-corrected chi connectivity index (χ4v) is 3.93. The summed E-state index contributed by atoms with van der Waals surface area (Å²) in [5.41, 5.74) is 1.37. The normalized spacial score (nSPS) is 15.6. The molecule has 2 N–H and O–H groups in total. The lowest BCUT2D eigenvalue weighted by atomic mass is 10.2. The summed E-state index contributed by atoms with van der Waals surface area (Å²) in [5.74, 6) is -0.303. The predicted octanol–water partition coefficient (Wildman–Crippen LogP) is 5.11. The minimum absolute atomic E-state index is 0.0334. The Balaban J connectivity index is 1.47. The van der Waals surface area contributed by atoms with Gasteiger partial charge in [0, 0.05) is 5.02 Å². The number of carboxylic acid groups (broad SMARTS) is 1. The summed E-state index contributed by atoms with van der Waals surface area (Å²) in [6, 6.07) is 15.1. The third-order valence-corrected chi connectivity index (χ3v) is 5.56. The van der Waals surface area contributed by atoms with Gasteiger partial charge in [-0.2, -0.15) is 0 Å². The molecule has 0 atom stereocenters. The summed E-state index contributed by atoms with van der Waals surface area (Å²) < 4.78 is 16.3. The molecule has 2 aromatic carbocycles. The Bertz CT molecular complexity index is 1280. The number of carboxylic acids is 1. The number of aromatic carboxylic acids is 1. The lowest BCUT2D eigenvalue weighted by molar-refractivity contribution is -0.115. The Morgan fingerprint density at radius 3 is 2.79 bits per heavy atom. The fourth-order valence-electron chi connectivity index (χ4n) is 2.91. The number of hydrogen-bond donors (Lipinski definition) is 2. The summed E-state index contributed by atoms with van der Waals surface area (Å²) in [4.78, 5) is 28.2. The van der Waals surface area contributed by atoms with E-state index in [1.54, 1.807) is 48.5 Å². The second-order valence-electron chi connectivity index (χ2n) is 6.73. The van der Waals surface area contributed by atoms with Gasteiger partial charge in [0.1, 0.15) is 12.4 Å². The van der Waals surface area contributed by atoms with Crippen LogP contribution in [0.3, 0.4) is 0 Å². The molecule has 4 rings (SSSR count). The number of rotatable bonds is 7. The van der Waals surface area contributed by atoms with Crippen LogP contribution in [-0.2, 0) is 11.4 Å². The van der Waals surface area contributed by atoms with Crippen LogP contribution in [0.5, 0.6) is 11.5 Å². The first-order chi connectivity index (χ1) is 15.9. The van der Waals surface area contributed by atoms with Crippen molar-refractivity contribution < 1.29 is 28.6 Å². The Labute approximate surface area is 197 Å². The number of amidine groups is 1. The van der Waals surface area contributed by atoms with Crippen LogP contribution in [0.2, 0.25) is 5.02 Å². The van der Waals surface area contributed by atoms with Crippen molar-refractivity contribution in [2.45, 2.75) is 6.61 Å². The van der Waals surface area contributed by atoms with E-state index in [9.17, 15) is 9.59 Å². The Morgan fingerprint density at radius 1 is 1.21 bits per heavy atom. The Morgan fingerprint density at radius 2 is 2.06 bits per heavy atom. The van der Waals surface area contributed by atoms with E-state index in [1.807, 2.05) is 0 Å². The number of benzene rings is 2. The molecule has 1 aliphatic heterocycles. The number of aliphatic imine (C=N–C) groups is 1. The van der Waals surface area contributed by atoms with E-state index >= 15 is 0 Å². The van der Waals surface area contributed by atoms with E-state index in [1.165, 1.54) is 31.0 Å². The van der Waals surface area contributed by atoms with Crippen LogP contribution in [-0.4, -0.2) is 29.3 Å². The first kappa shape index (κ1) is 22.5. The van der Waals surface area contributed by atoms with Crippen LogP contribution in [0.4, 0.5) is 5.69 Å². The summed E-state index contributed by atoms with van der Waals surface area (Å²) in [7, 11) is 1.50. The van der Waals surface area contributed by atoms with Gasteiger partial charge >= 0.3 is 5.97 Å². The Hall–Kier alpha value is -3.69. The smallest absolute Gasteiger partial charge is 0.371 e. The molecule has 1 saturated heterocycles. The molecule has 10 heteroatoms. The number of carbonyl (C=O) groups is 2. The largest absolute Gasteiger partial charge is 0.493 e. The predicted molar refractivity (Wildman–Crippen MR) is 125 cm³/mol. The summed E-state index contributed by atoms with van der Waals surface area (Å²) in [6.07, 6.45) is 1.72. The number of halogens is 1. The van der Waals surface area contributed by atoms with E-state index < -0.39 is 5.97 Å². The summed E-state index contributed by atoms with van der Waals surface area (Å²) in [6.45, 7) is 0.0334. The van der Waals surface area contributed by atoms with Crippen molar-refractivity contribution in [2.24, 2.45) is 4.99 Å². The molecule has 0 saturated carbocycles. The number of ether oxygens (including phenoxy) is 2. The molecule has 0 bridgehead atoms. The van der Waals surface area contributed by atoms with Gasteiger partial charge in [-0.3, -0.25) is 4.79 Å². The van der Waals surface area contributed by atoms with Crippen molar-refractivity contribution in [1.29, 1.82) is 0 Å². The number of methoxy groups -OCH3 is 1. The molecular weight excluding hydrogens is 468 g/mol. The minimum Gasteiger partial charge on any atom is -0.493 e. The maximum atomic E-state index is 12.4. The van der Waals surface area contributed by atoms with E-state index in [0.29, 0.717) is 38.0 Å². The lowest BCUT2D eigenvalue weighted by Gasteiger charge is -2.10. The zero-order valence-corrected chi connectivity index (χ0v) is 18.8. The topological polar surface area (TPSA) is 110 Å². The molecule has 2 heterocycles. The monoisotopic (exact) mass is 484 g/mol. The maximum absolute atomic E-state index is 12.4. The molecule has 1 aromatic heterocycles. The van der Waals surface area contributed by atoms with Gasteiger partial charge < -0.3 is 24.3 Å². The van der Waals surface area contributed by atoms with E-state index in [2.05, 4.69) is 10.3 Å². The van der Waals surface area contributed by atoms with Gasteiger partial charge in [-0.25, -0.2) is 9.79 Å². The van der Waals surface area contributed by atoms with Crippen molar-refractivity contribution in [1.82, 2.24) is 5.32 Å². The standard InChI is InChI=1S/C23H17ClN2O6S/c1-30-19-9-13(5-7-17(19)31-12-16-6-8-18(32-16)22(28)29)10-20-21(27)26-23(33-20)25-15-4-2-3-14(24)11-15/h2-11H,12H2,1H3,(H,28,29)(H,25,26,27). The van der Waals surface area contributed by atoms with E-state index in [4.69, 9.17) is 30.6 Å². The average Bonchev–Trinajstić information content (AvgIpc) is 3.39. The fraction of sp³-hybridized carbons (Fsp3) is 0.0870. The first-order valence-electron chi connectivity index (χ1n) is 9.59. The SMILES string of the molecule is COc1cc(C=C2SC(=Nc3cccc(Cl)c3)NC2=O)ccc1OCc1ccc(C(=O)O)o1. The molecule has 33 heavy (non-hydrogen) atoms. The number of carbonyl (C=O) groups excluding carboxylic acids is 1. The average molecular weight is 485 g/mol.